The molecular weight excluding hydrogens is 300 g/mol. The number of nitrogens with one attached hydrogen (secondary N) is 1. The summed E-state index contributed by atoms with van der Waals surface area (Å²) in [5.74, 6) is 1.40. The van der Waals surface area contributed by atoms with Gasteiger partial charge in [0.15, 0.2) is 0 Å². The SMILES string of the molecule is CCc1ccc(NC(=O)c2cnc(N3CCC(C)CC3)cn2)cc1. The van der Waals surface area contributed by atoms with E-state index < -0.39 is 0 Å². The van der Waals surface area contributed by atoms with Crippen LogP contribution in [-0.4, -0.2) is 29.0 Å². The predicted octanol–water partition coefficient (Wildman–Crippen LogP) is 3.53. The van der Waals surface area contributed by atoms with Crippen LogP contribution in [0.25, 0.3) is 0 Å². The third-order valence-corrected chi connectivity index (χ3v) is 4.60. The van der Waals surface area contributed by atoms with Crippen molar-refractivity contribution in [2.24, 2.45) is 5.92 Å². The molecule has 126 valence electrons. The molecular formula is C19H24N4O. The summed E-state index contributed by atoms with van der Waals surface area (Å²) in [5.41, 5.74) is 2.35. The number of rotatable bonds is 4. The van der Waals surface area contributed by atoms with Crippen LogP contribution >= 0.6 is 0 Å². The van der Waals surface area contributed by atoms with E-state index in [0.29, 0.717) is 5.69 Å². The van der Waals surface area contributed by atoms with Crippen molar-refractivity contribution >= 4 is 17.4 Å². The Kier molecular flexibility index (Phi) is 5.08. The zero-order valence-electron chi connectivity index (χ0n) is 14.3. The van der Waals surface area contributed by atoms with Crippen LogP contribution < -0.4 is 10.2 Å². The lowest BCUT2D eigenvalue weighted by atomic mass is 9.99. The standard InChI is InChI=1S/C19H24N4O/c1-3-15-4-6-16(7-5-15)22-19(24)17-12-21-18(13-20-17)23-10-8-14(2)9-11-23/h4-7,12-14H,3,8-11H2,1-2H3,(H,22,24). The average molecular weight is 324 g/mol. The first-order valence-corrected chi connectivity index (χ1v) is 8.63. The molecule has 1 fully saturated rings. The Bertz CT molecular complexity index is 674. The maximum absolute atomic E-state index is 12.3. The number of piperidine rings is 1. The molecule has 24 heavy (non-hydrogen) atoms. The number of nitrogens with zero attached hydrogens (tertiary/aromatic N) is 3. The van der Waals surface area contributed by atoms with Crippen LogP contribution in [-0.2, 0) is 6.42 Å². The molecule has 5 heteroatoms. The maximum Gasteiger partial charge on any atom is 0.275 e. The minimum Gasteiger partial charge on any atom is -0.355 e. The highest BCUT2D eigenvalue weighted by atomic mass is 16.1. The molecule has 1 aliphatic rings. The van der Waals surface area contributed by atoms with E-state index in [1.54, 1.807) is 12.4 Å². The van der Waals surface area contributed by atoms with E-state index in [9.17, 15) is 4.79 Å². The molecule has 2 heterocycles. The van der Waals surface area contributed by atoms with E-state index in [1.165, 1.54) is 18.4 Å². The van der Waals surface area contributed by atoms with Gasteiger partial charge in [-0.15, -0.1) is 0 Å². The number of benzene rings is 1. The van der Waals surface area contributed by atoms with Crippen molar-refractivity contribution in [1.29, 1.82) is 0 Å². The van der Waals surface area contributed by atoms with Gasteiger partial charge in [-0.25, -0.2) is 9.97 Å². The van der Waals surface area contributed by atoms with Crippen LogP contribution in [0.15, 0.2) is 36.7 Å². The van der Waals surface area contributed by atoms with Gasteiger partial charge in [-0.2, -0.15) is 0 Å². The minimum atomic E-state index is -0.231. The van der Waals surface area contributed by atoms with Crippen molar-refractivity contribution in [3.63, 3.8) is 0 Å². The number of aromatic nitrogens is 2. The molecule has 5 nitrogen and oxygen atoms in total. The van der Waals surface area contributed by atoms with Crippen LogP contribution in [0.3, 0.4) is 0 Å². The van der Waals surface area contributed by atoms with Gasteiger partial charge in [-0.05, 0) is 42.9 Å². The van der Waals surface area contributed by atoms with Gasteiger partial charge in [-0.1, -0.05) is 26.0 Å². The summed E-state index contributed by atoms with van der Waals surface area (Å²) in [6.07, 6.45) is 6.60. The van der Waals surface area contributed by atoms with Crippen molar-refractivity contribution in [2.75, 3.05) is 23.3 Å². The van der Waals surface area contributed by atoms with Gasteiger partial charge in [0.1, 0.15) is 11.5 Å². The predicted molar refractivity (Wildman–Crippen MR) is 96.4 cm³/mol. The quantitative estimate of drug-likeness (QED) is 0.935. The van der Waals surface area contributed by atoms with Crippen LogP contribution in [0.1, 0.15) is 42.7 Å². The van der Waals surface area contributed by atoms with Gasteiger partial charge in [0, 0.05) is 18.8 Å². The van der Waals surface area contributed by atoms with E-state index >= 15 is 0 Å². The molecule has 1 N–H and O–H groups in total. The fourth-order valence-corrected chi connectivity index (χ4v) is 2.86. The van der Waals surface area contributed by atoms with Gasteiger partial charge < -0.3 is 10.2 Å². The summed E-state index contributed by atoms with van der Waals surface area (Å²) >= 11 is 0. The molecule has 0 unspecified atom stereocenters. The Balaban J connectivity index is 1.62. The summed E-state index contributed by atoms with van der Waals surface area (Å²) in [6.45, 7) is 6.40. The van der Waals surface area contributed by atoms with Crippen LogP contribution in [0, 0.1) is 5.92 Å². The van der Waals surface area contributed by atoms with Gasteiger partial charge >= 0.3 is 0 Å². The van der Waals surface area contributed by atoms with E-state index in [4.69, 9.17) is 0 Å². The molecule has 1 aromatic carbocycles. The maximum atomic E-state index is 12.3. The molecule has 1 aromatic heterocycles. The third-order valence-electron chi connectivity index (χ3n) is 4.60. The zero-order chi connectivity index (χ0) is 16.9. The molecule has 1 amide bonds. The van der Waals surface area contributed by atoms with E-state index in [1.807, 2.05) is 24.3 Å². The monoisotopic (exact) mass is 324 g/mol. The first-order valence-electron chi connectivity index (χ1n) is 8.63. The summed E-state index contributed by atoms with van der Waals surface area (Å²) < 4.78 is 0. The number of carbonyl (C=O) groups excluding carboxylic acids is 1. The molecule has 0 aliphatic carbocycles. The number of hydrogen-bond donors (Lipinski definition) is 1. The van der Waals surface area contributed by atoms with Gasteiger partial charge in [0.2, 0.25) is 0 Å². The van der Waals surface area contributed by atoms with Crippen LogP contribution in [0.4, 0.5) is 11.5 Å². The van der Waals surface area contributed by atoms with E-state index in [2.05, 4.69) is 34.0 Å². The molecule has 2 aromatic rings. The third kappa shape index (κ3) is 3.91. The summed E-state index contributed by atoms with van der Waals surface area (Å²) in [7, 11) is 0. The molecule has 0 saturated carbocycles. The fourth-order valence-electron chi connectivity index (χ4n) is 2.86. The Morgan fingerprint density at radius 1 is 1.17 bits per heavy atom. The van der Waals surface area contributed by atoms with Gasteiger partial charge in [-0.3, -0.25) is 4.79 Å². The fraction of sp³-hybridized carbons (Fsp3) is 0.421. The first kappa shape index (κ1) is 16.4. The number of anilines is 2. The normalized spacial score (nSPS) is 15.3. The largest absolute Gasteiger partial charge is 0.355 e. The van der Waals surface area contributed by atoms with Crippen molar-refractivity contribution in [3.05, 3.63) is 47.9 Å². The molecule has 0 spiro atoms. The highest BCUT2D eigenvalue weighted by Gasteiger charge is 2.17. The zero-order valence-corrected chi connectivity index (χ0v) is 14.3. The number of carbonyl (C=O) groups is 1. The van der Waals surface area contributed by atoms with Crippen molar-refractivity contribution in [3.8, 4) is 0 Å². The topological polar surface area (TPSA) is 58.1 Å². The summed E-state index contributed by atoms with van der Waals surface area (Å²) in [4.78, 5) is 23.2. The molecule has 0 atom stereocenters. The Labute approximate surface area is 143 Å². The second-order valence-corrected chi connectivity index (χ2v) is 6.43. The van der Waals surface area contributed by atoms with Gasteiger partial charge in [0.25, 0.3) is 5.91 Å². The lowest BCUT2D eigenvalue weighted by Gasteiger charge is -2.30. The minimum absolute atomic E-state index is 0.231. The molecule has 3 rings (SSSR count). The van der Waals surface area contributed by atoms with Crippen molar-refractivity contribution < 1.29 is 4.79 Å². The van der Waals surface area contributed by atoms with Crippen LogP contribution in [0.5, 0.6) is 0 Å². The number of aryl methyl sites for hydroxylation is 1. The van der Waals surface area contributed by atoms with Crippen LogP contribution in [0.2, 0.25) is 0 Å². The summed E-state index contributed by atoms with van der Waals surface area (Å²) in [5, 5.41) is 2.86. The summed E-state index contributed by atoms with van der Waals surface area (Å²) in [6, 6.07) is 7.85. The van der Waals surface area contributed by atoms with Crippen molar-refractivity contribution in [2.45, 2.75) is 33.1 Å². The molecule has 0 radical (unpaired) electrons. The number of hydrogen-bond acceptors (Lipinski definition) is 4. The van der Waals surface area contributed by atoms with Crippen molar-refractivity contribution in [1.82, 2.24) is 9.97 Å². The van der Waals surface area contributed by atoms with E-state index in [-0.39, 0.29) is 5.91 Å². The van der Waals surface area contributed by atoms with E-state index in [0.717, 1.165) is 36.9 Å². The second-order valence-electron chi connectivity index (χ2n) is 6.43. The lowest BCUT2D eigenvalue weighted by molar-refractivity contribution is 0.102. The Hall–Kier alpha value is -2.43. The Morgan fingerprint density at radius 2 is 1.88 bits per heavy atom. The Morgan fingerprint density at radius 3 is 2.46 bits per heavy atom. The highest BCUT2D eigenvalue weighted by molar-refractivity contribution is 6.02. The van der Waals surface area contributed by atoms with Gasteiger partial charge in [0.05, 0.1) is 12.4 Å². The smallest absolute Gasteiger partial charge is 0.275 e. The second kappa shape index (κ2) is 7.43. The molecule has 1 aliphatic heterocycles. The average Bonchev–Trinajstić information content (AvgIpc) is 2.63. The molecule has 1 saturated heterocycles. The number of amides is 1. The lowest BCUT2D eigenvalue weighted by Crippen LogP contribution is -2.33. The highest BCUT2D eigenvalue weighted by Crippen LogP contribution is 2.20. The molecule has 0 bridgehead atoms. The first-order chi connectivity index (χ1) is 11.7.